The first kappa shape index (κ1) is 12.6. The molecule has 1 saturated carbocycles. The van der Waals surface area contributed by atoms with E-state index in [0.717, 1.165) is 36.8 Å². The first-order valence-electron chi connectivity index (χ1n) is 6.60. The third kappa shape index (κ3) is 2.52. The van der Waals surface area contributed by atoms with E-state index in [1.54, 1.807) is 6.07 Å². The summed E-state index contributed by atoms with van der Waals surface area (Å²) in [6.07, 6.45) is 5.32. The highest BCUT2D eigenvalue weighted by Gasteiger charge is 2.35. The van der Waals surface area contributed by atoms with Gasteiger partial charge in [0.05, 0.1) is 0 Å². The molecule has 2 unspecified atom stereocenters. The van der Waals surface area contributed by atoms with Crippen LogP contribution in [0.2, 0.25) is 0 Å². The molecule has 1 aromatic carbocycles. The molecule has 1 aromatic rings. The van der Waals surface area contributed by atoms with Gasteiger partial charge in [-0.1, -0.05) is 43.9 Å². The van der Waals surface area contributed by atoms with Crippen LogP contribution in [0.25, 0.3) is 0 Å². The summed E-state index contributed by atoms with van der Waals surface area (Å²) in [5, 5.41) is 0. The predicted molar refractivity (Wildman–Crippen MR) is 69.3 cm³/mol. The lowest BCUT2D eigenvalue weighted by Gasteiger charge is -2.38. The van der Waals surface area contributed by atoms with Crippen LogP contribution in [0.3, 0.4) is 0 Å². The Morgan fingerprint density at radius 1 is 1.47 bits per heavy atom. The van der Waals surface area contributed by atoms with Crippen molar-refractivity contribution in [3.63, 3.8) is 0 Å². The molecule has 0 bridgehead atoms. The summed E-state index contributed by atoms with van der Waals surface area (Å²) in [7, 11) is 0. The van der Waals surface area contributed by atoms with Crippen LogP contribution in [0.1, 0.15) is 50.2 Å². The minimum absolute atomic E-state index is 0.144. The summed E-state index contributed by atoms with van der Waals surface area (Å²) >= 11 is 0. The summed E-state index contributed by atoms with van der Waals surface area (Å²) in [6, 6.07) is 5.28. The molecule has 1 nitrogen and oxygen atoms in total. The van der Waals surface area contributed by atoms with Gasteiger partial charge in [-0.15, -0.1) is 0 Å². The third-order valence-corrected chi connectivity index (χ3v) is 4.12. The maximum atomic E-state index is 14.0. The molecule has 2 atom stereocenters. The molecule has 0 amide bonds. The lowest BCUT2D eigenvalue weighted by Crippen LogP contribution is -2.42. The maximum Gasteiger partial charge on any atom is 0.128 e. The molecule has 0 spiro atoms. The number of hydrogen-bond donors (Lipinski definition) is 1. The number of aryl methyl sites for hydroxylation is 1. The Labute approximate surface area is 103 Å². The summed E-state index contributed by atoms with van der Waals surface area (Å²) in [5.41, 5.74) is 7.83. The molecule has 1 fully saturated rings. The highest BCUT2D eigenvalue weighted by atomic mass is 19.1. The average Bonchev–Trinajstić information content (AvgIpc) is 2.32. The van der Waals surface area contributed by atoms with Gasteiger partial charge in [-0.05, 0) is 31.7 Å². The van der Waals surface area contributed by atoms with Gasteiger partial charge < -0.3 is 5.73 Å². The zero-order valence-electron chi connectivity index (χ0n) is 10.8. The van der Waals surface area contributed by atoms with E-state index >= 15 is 0 Å². The van der Waals surface area contributed by atoms with Gasteiger partial charge in [-0.2, -0.15) is 0 Å². The van der Waals surface area contributed by atoms with Crippen molar-refractivity contribution < 1.29 is 4.39 Å². The van der Waals surface area contributed by atoms with Crippen molar-refractivity contribution in [3.8, 4) is 0 Å². The Kier molecular flexibility index (Phi) is 3.53. The second-order valence-electron chi connectivity index (χ2n) is 5.51. The Hall–Kier alpha value is -0.890. The van der Waals surface area contributed by atoms with E-state index in [2.05, 4.69) is 6.92 Å². The Bertz CT molecular complexity index is 402. The van der Waals surface area contributed by atoms with Crippen LogP contribution >= 0.6 is 0 Å². The van der Waals surface area contributed by atoms with Gasteiger partial charge in [0.25, 0.3) is 0 Å². The molecule has 17 heavy (non-hydrogen) atoms. The lowest BCUT2D eigenvalue weighted by atomic mass is 9.71. The van der Waals surface area contributed by atoms with Gasteiger partial charge in [0, 0.05) is 11.1 Å². The van der Waals surface area contributed by atoms with Gasteiger partial charge in [0.1, 0.15) is 5.82 Å². The van der Waals surface area contributed by atoms with E-state index < -0.39 is 5.54 Å². The van der Waals surface area contributed by atoms with E-state index in [4.69, 9.17) is 5.73 Å². The normalized spacial score (nSPS) is 29.3. The molecule has 1 aliphatic rings. The number of hydrogen-bond acceptors (Lipinski definition) is 1. The number of benzene rings is 1. The zero-order valence-corrected chi connectivity index (χ0v) is 10.8. The van der Waals surface area contributed by atoms with Gasteiger partial charge in [0.2, 0.25) is 0 Å². The van der Waals surface area contributed by atoms with Crippen LogP contribution in [0.5, 0.6) is 0 Å². The highest BCUT2D eigenvalue weighted by molar-refractivity contribution is 5.30. The third-order valence-electron chi connectivity index (χ3n) is 4.12. The summed E-state index contributed by atoms with van der Waals surface area (Å²) in [6.45, 7) is 4.19. The summed E-state index contributed by atoms with van der Waals surface area (Å²) in [5.74, 6) is 0.503. The first-order chi connectivity index (χ1) is 8.05. The van der Waals surface area contributed by atoms with Crippen LogP contribution in [-0.4, -0.2) is 0 Å². The number of halogens is 1. The van der Waals surface area contributed by atoms with Gasteiger partial charge in [0.15, 0.2) is 0 Å². The fourth-order valence-corrected chi connectivity index (χ4v) is 3.04. The van der Waals surface area contributed by atoms with Crippen LogP contribution in [0, 0.1) is 18.7 Å². The Morgan fingerprint density at radius 2 is 2.24 bits per heavy atom. The highest BCUT2D eigenvalue weighted by Crippen LogP contribution is 2.40. The fraction of sp³-hybridized carbons (Fsp3) is 0.600. The predicted octanol–water partition coefficient (Wildman–Crippen LogP) is 3.89. The van der Waals surface area contributed by atoms with Crippen molar-refractivity contribution in [1.82, 2.24) is 0 Å². The second-order valence-corrected chi connectivity index (χ2v) is 5.51. The van der Waals surface area contributed by atoms with Gasteiger partial charge in [-0.3, -0.25) is 0 Å². The molecule has 0 heterocycles. The molecule has 2 N–H and O–H groups in total. The molecule has 2 heteroatoms. The van der Waals surface area contributed by atoms with E-state index in [9.17, 15) is 4.39 Å². The van der Waals surface area contributed by atoms with Crippen molar-refractivity contribution in [1.29, 1.82) is 0 Å². The summed E-state index contributed by atoms with van der Waals surface area (Å²) < 4.78 is 14.0. The van der Waals surface area contributed by atoms with Crippen molar-refractivity contribution >= 4 is 0 Å². The summed E-state index contributed by atoms with van der Waals surface area (Å²) in [4.78, 5) is 0. The number of nitrogens with two attached hydrogens (primary N) is 1. The number of rotatable bonds is 2. The minimum atomic E-state index is -0.449. The van der Waals surface area contributed by atoms with Crippen LogP contribution in [-0.2, 0) is 5.54 Å². The van der Waals surface area contributed by atoms with Gasteiger partial charge in [-0.25, -0.2) is 4.39 Å². The maximum absolute atomic E-state index is 14.0. The molecular weight excluding hydrogens is 213 g/mol. The van der Waals surface area contributed by atoms with Gasteiger partial charge >= 0.3 is 0 Å². The molecule has 94 valence electrons. The standard InChI is InChI=1S/C15H22FN/c1-3-12-5-4-8-15(17,10-12)13-9-11(2)6-7-14(13)16/h6-7,9,12H,3-5,8,10,17H2,1-2H3. The fourth-order valence-electron chi connectivity index (χ4n) is 3.04. The minimum Gasteiger partial charge on any atom is -0.321 e. The lowest BCUT2D eigenvalue weighted by molar-refractivity contribution is 0.216. The van der Waals surface area contributed by atoms with E-state index in [0.29, 0.717) is 5.92 Å². The molecule has 0 aliphatic heterocycles. The van der Waals surface area contributed by atoms with Crippen molar-refractivity contribution in [2.75, 3.05) is 0 Å². The van der Waals surface area contributed by atoms with Crippen LogP contribution in [0.4, 0.5) is 4.39 Å². The largest absolute Gasteiger partial charge is 0.321 e. The molecule has 0 saturated heterocycles. The SMILES string of the molecule is CCC1CCCC(N)(c2cc(C)ccc2F)C1. The van der Waals surface area contributed by atoms with E-state index in [1.807, 2.05) is 19.1 Å². The molecule has 1 aliphatic carbocycles. The van der Waals surface area contributed by atoms with Crippen molar-refractivity contribution in [2.45, 2.75) is 51.5 Å². The first-order valence-corrected chi connectivity index (χ1v) is 6.60. The quantitative estimate of drug-likeness (QED) is 0.827. The van der Waals surface area contributed by atoms with Crippen molar-refractivity contribution in [3.05, 3.63) is 35.1 Å². The monoisotopic (exact) mass is 235 g/mol. The Balaban J connectivity index is 2.33. The van der Waals surface area contributed by atoms with Crippen LogP contribution < -0.4 is 5.73 Å². The molecule has 0 aromatic heterocycles. The van der Waals surface area contributed by atoms with Crippen molar-refractivity contribution in [2.24, 2.45) is 11.7 Å². The smallest absolute Gasteiger partial charge is 0.128 e. The topological polar surface area (TPSA) is 26.0 Å². The Morgan fingerprint density at radius 3 is 2.94 bits per heavy atom. The zero-order chi connectivity index (χ0) is 12.5. The molecular formula is C15H22FN. The average molecular weight is 235 g/mol. The van der Waals surface area contributed by atoms with E-state index in [1.165, 1.54) is 6.42 Å². The van der Waals surface area contributed by atoms with Crippen LogP contribution in [0.15, 0.2) is 18.2 Å². The molecule has 2 rings (SSSR count). The second kappa shape index (κ2) is 4.77. The van der Waals surface area contributed by atoms with E-state index in [-0.39, 0.29) is 5.82 Å². The molecule has 0 radical (unpaired) electrons.